The van der Waals surface area contributed by atoms with Crippen molar-refractivity contribution >= 4 is 22.1 Å². The summed E-state index contributed by atoms with van der Waals surface area (Å²) in [5.41, 5.74) is -1.40. The monoisotopic (exact) mass is 560 g/mol. The van der Waals surface area contributed by atoms with Gasteiger partial charge in [-0.25, -0.2) is 4.79 Å². The minimum atomic E-state index is -6.79. The molecule has 9 nitrogen and oxygen atoms in total. The lowest BCUT2D eigenvalue weighted by molar-refractivity contribution is -0.403. The van der Waals surface area contributed by atoms with Crippen molar-refractivity contribution in [3.8, 4) is 0 Å². The summed E-state index contributed by atoms with van der Waals surface area (Å²) in [7, 11) is -6.79. The highest BCUT2D eigenvalue weighted by molar-refractivity contribution is 7.86. The Balaban J connectivity index is 1.88. The van der Waals surface area contributed by atoms with Gasteiger partial charge in [-0.2, -0.15) is 39.2 Å². The first kappa shape index (κ1) is 28.8. The molecule has 1 atom stereocenters. The molecule has 4 bridgehead atoms. The second kappa shape index (κ2) is 9.23. The van der Waals surface area contributed by atoms with Crippen molar-refractivity contribution in [2.45, 2.75) is 68.8 Å². The van der Waals surface area contributed by atoms with Crippen LogP contribution >= 0.6 is 0 Å². The minimum absolute atomic E-state index is 0.0392. The van der Waals surface area contributed by atoms with Crippen molar-refractivity contribution in [3.63, 3.8) is 0 Å². The standard InChI is InChI=1S/C19H23F7O9S/c1-2-32-14(28)16(17(20,21)22,33-9-34-18(23,24)19(25,26)36(29,30)31)35-13(27)15-6-10-3-11(7-15)5-12(4-10)8-15/h10-12H,2-9H2,1H3,(H,29,30,31). The van der Waals surface area contributed by atoms with Gasteiger partial charge in [-0.3, -0.25) is 18.8 Å². The fourth-order valence-electron chi connectivity index (χ4n) is 5.63. The average Bonchev–Trinajstić information content (AvgIpc) is 2.70. The Morgan fingerprint density at radius 2 is 1.39 bits per heavy atom. The quantitative estimate of drug-likeness (QED) is 0.185. The topological polar surface area (TPSA) is 125 Å². The fraction of sp³-hybridized carbons (Fsp3) is 0.895. The molecular weight excluding hydrogens is 537 g/mol. The maximum Gasteiger partial charge on any atom is 0.468 e. The van der Waals surface area contributed by atoms with Gasteiger partial charge in [-0.15, -0.1) is 0 Å². The number of hydrogen-bond donors (Lipinski definition) is 1. The molecule has 36 heavy (non-hydrogen) atoms. The number of carbonyl (C=O) groups is 2. The van der Waals surface area contributed by atoms with Crippen LogP contribution in [-0.2, 0) is 38.7 Å². The van der Waals surface area contributed by atoms with Crippen molar-refractivity contribution in [3.05, 3.63) is 0 Å². The molecule has 4 saturated carbocycles. The second-order valence-electron chi connectivity index (χ2n) is 9.34. The molecule has 0 aromatic rings. The lowest BCUT2D eigenvalue weighted by Gasteiger charge is -2.55. The van der Waals surface area contributed by atoms with Gasteiger partial charge in [0.25, 0.3) is 0 Å². The highest BCUT2D eigenvalue weighted by Gasteiger charge is 2.71. The molecule has 1 unspecified atom stereocenters. The molecule has 0 aliphatic heterocycles. The molecule has 0 saturated heterocycles. The van der Waals surface area contributed by atoms with Crippen molar-refractivity contribution < 1.29 is 72.2 Å². The number of rotatable bonds is 10. The number of ether oxygens (including phenoxy) is 4. The normalized spacial score (nSPS) is 30.1. The van der Waals surface area contributed by atoms with E-state index in [1.807, 2.05) is 0 Å². The van der Waals surface area contributed by atoms with Gasteiger partial charge >= 0.3 is 45.4 Å². The molecule has 4 aliphatic carbocycles. The van der Waals surface area contributed by atoms with Gasteiger partial charge in [0.1, 0.15) is 0 Å². The van der Waals surface area contributed by atoms with Gasteiger partial charge in [-0.1, -0.05) is 0 Å². The number of alkyl halides is 7. The lowest BCUT2D eigenvalue weighted by atomic mass is 9.49. The fourth-order valence-corrected chi connectivity index (χ4v) is 5.99. The first-order chi connectivity index (χ1) is 16.3. The number of carbonyl (C=O) groups excluding carboxylic acids is 2. The minimum Gasteiger partial charge on any atom is -0.461 e. The zero-order valence-corrected chi connectivity index (χ0v) is 19.5. The van der Waals surface area contributed by atoms with Gasteiger partial charge in [0, 0.05) is 0 Å². The van der Waals surface area contributed by atoms with E-state index >= 15 is 0 Å². The van der Waals surface area contributed by atoms with Gasteiger partial charge < -0.3 is 9.47 Å². The van der Waals surface area contributed by atoms with Gasteiger partial charge in [0.15, 0.2) is 6.79 Å². The van der Waals surface area contributed by atoms with Crippen LogP contribution in [0.15, 0.2) is 0 Å². The third kappa shape index (κ3) is 4.90. The Labute approximate surface area is 200 Å². The summed E-state index contributed by atoms with van der Waals surface area (Å²) >= 11 is 0. The summed E-state index contributed by atoms with van der Waals surface area (Å²) in [6.45, 7) is -2.17. The van der Waals surface area contributed by atoms with E-state index < -0.39 is 64.2 Å². The van der Waals surface area contributed by atoms with Crippen LogP contribution in [0.5, 0.6) is 0 Å². The van der Waals surface area contributed by atoms with E-state index in [2.05, 4.69) is 18.9 Å². The third-order valence-electron chi connectivity index (χ3n) is 6.79. The van der Waals surface area contributed by atoms with E-state index in [9.17, 15) is 48.7 Å². The molecule has 17 heteroatoms. The Morgan fingerprint density at radius 3 is 1.78 bits per heavy atom. The van der Waals surface area contributed by atoms with Gasteiger partial charge in [0.2, 0.25) is 0 Å². The maximum absolute atomic E-state index is 14.1. The Hall–Kier alpha value is -1.72. The molecule has 0 amide bonds. The maximum atomic E-state index is 14.1. The summed E-state index contributed by atoms with van der Waals surface area (Å²) in [6, 6.07) is 0. The van der Waals surface area contributed by atoms with E-state index in [0.717, 1.165) is 26.2 Å². The van der Waals surface area contributed by atoms with Crippen LogP contribution in [0.25, 0.3) is 0 Å². The molecule has 0 spiro atoms. The zero-order chi connectivity index (χ0) is 27.4. The van der Waals surface area contributed by atoms with E-state index in [0.29, 0.717) is 0 Å². The Morgan fingerprint density at radius 1 is 0.917 bits per heavy atom. The van der Waals surface area contributed by atoms with E-state index in [1.165, 1.54) is 0 Å². The molecule has 4 rings (SSSR count). The molecular formula is C19H23F7O9S. The summed E-state index contributed by atoms with van der Waals surface area (Å²) in [5, 5.41) is -6.30. The van der Waals surface area contributed by atoms with Crippen LogP contribution in [0.4, 0.5) is 30.7 Å². The summed E-state index contributed by atoms with van der Waals surface area (Å²) in [6.07, 6.45) is -9.25. The van der Waals surface area contributed by atoms with Crippen LogP contribution < -0.4 is 0 Å². The first-order valence-corrected chi connectivity index (χ1v) is 12.2. The average molecular weight is 560 g/mol. The van der Waals surface area contributed by atoms with E-state index in [1.54, 1.807) is 0 Å². The van der Waals surface area contributed by atoms with Crippen LogP contribution in [0, 0.1) is 23.2 Å². The van der Waals surface area contributed by atoms with Crippen molar-refractivity contribution in [2.24, 2.45) is 23.2 Å². The Bertz CT molecular complexity index is 947. The van der Waals surface area contributed by atoms with Crippen LogP contribution in [-0.4, -0.2) is 61.6 Å². The summed E-state index contributed by atoms with van der Waals surface area (Å²) < 4.78 is 141. The zero-order valence-electron chi connectivity index (χ0n) is 18.7. The van der Waals surface area contributed by atoms with Crippen LogP contribution in [0.3, 0.4) is 0 Å². The van der Waals surface area contributed by atoms with Crippen LogP contribution in [0.2, 0.25) is 0 Å². The lowest BCUT2D eigenvalue weighted by Crippen LogP contribution is -2.61. The largest absolute Gasteiger partial charge is 0.468 e. The second-order valence-corrected chi connectivity index (χ2v) is 10.8. The van der Waals surface area contributed by atoms with E-state index in [4.69, 9.17) is 4.55 Å². The van der Waals surface area contributed by atoms with E-state index in [-0.39, 0.29) is 37.0 Å². The van der Waals surface area contributed by atoms with Crippen molar-refractivity contribution in [2.75, 3.05) is 13.4 Å². The summed E-state index contributed by atoms with van der Waals surface area (Å²) in [4.78, 5) is 25.4. The molecule has 0 heterocycles. The predicted octanol–water partition coefficient (Wildman–Crippen LogP) is 3.63. The highest BCUT2D eigenvalue weighted by Crippen LogP contribution is 2.61. The highest BCUT2D eigenvalue weighted by atomic mass is 32.2. The third-order valence-corrected chi connectivity index (χ3v) is 7.68. The van der Waals surface area contributed by atoms with Crippen molar-refractivity contribution in [1.82, 2.24) is 0 Å². The molecule has 4 fully saturated rings. The SMILES string of the molecule is CCOC(=O)C(OCOC(F)(F)C(F)(F)S(=O)(=O)O)(OC(=O)C12CC3CC(CC(C3)C1)C2)C(F)(F)F. The number of halogens is 7. The number of hydrogen-bond acceptors (Lipinski definition) is 8. The van der Waals surface area contributed by atoms with Crippen molar-refractivity contribution in [1.29, 1.82) is 0 Å². The van der Waals surface area contributed by atoms with Crippen LogP contribution in [0.1, 0.15) is 45.4 Å². The Kier molecular flexibility index (Phi) is 7.40. The molecule has 0 aromatic carbocycles. The molecule has 0 aromatic heterocycles. The summed E-state index contributed by atoms with van der Waals surface area (Å²) in [5.74, 6) is -8.47. The van der Waals surface area contributed by atoms with Gasteiger partial charge in [-0.05, 0) is 63.2 Å². The first-order valence-electron chi connectivity index (χ1n) is 10.8. The predicted molar refractivity (Wildman–Crippen MR) is 101 cm³/mol. The molecule has 208 valence electrons. The molecule has 1 N–H and O–H groups in total. The number of esters is 2. The van der Waals surface area contributed by atoms with Gasteiger partial charge in [0.05, 0.1) is 12.0 Å². The molecule has 0 radical (unpaired) electrons. The molecule has 4 aliphatic rings. The smallest absolute Gasteiger partial charge is 0.461 e.